The van der Waals surface area contributed by atoms with E-state index in [0.717, 1.165) is 52.0 Å². The first kappa shape index (κ1) is 18.6. The van der Waals surface area contributed by atoms with E-state index in [1.54, 1.807) is 11.3 Å². The van der Waals surface area contributed by atoms with Crippen LogP contribution >= 0.6 is 22.9 Å². The molecule has 4 aromatic rings. The topological polar surface area (TPSA) is 34.9 Å². The molecule has 29 heavy (non-hydrogen) atoms. The first-order valence-corrected chi connectivity index (χ1v) is 11.2. The van der Waals surface area contributed by atoms with Gasteiger partial charge in [-0.1, -0.05) is 47.5 Å². The number of thiophene rings is 1. The molecule has 0 saturated carbocycles. The number of hydrogen-bond acceptors (Lipinski definition) is 3. The zero-order valence-electron chi connectivity index (χ0n) is 16.2. The zero-order valence-corrected chi connectivity index (χ0v) is 17.8. The summed E-state index contributed by atoms with van der Waals surface area (Å²) in [6.45, 7) is 2.54. The van der Waals surface area contributed by atoms with Crippen LogP contribution < -0.4 is 5.56 Å². The van der Waals surface area contributed by atoms with Crippen molar-refractivity contribution in [2.45, 2.75) is 39.2 Å². The number of hydrogen-bond donors (Lipinski definition) is 0. The lowest BCUT2D eigenvalue weighted by molar-refractivity contribution is 0.698. The molecule has 0 bridgehead atoms. The maximum absolute atomic E-state index is 13.7. The largest absolute Gasteiger partial charge is 0.288 e. The highest BCUT2D eigenvalue weighted by atomic mass is 35.5. The van der Waals surface area contributed by atoms with Gasteiger partial charge in [-0.2, -0.15) is 0 Å². The lowest BCUT2D eigenvalue weighted by Crippen LogP contribution is -2.24. The Morgan fingerprint density at radius 2 is 1.90 bits per heavy atom. The number of nitrogens with zero attached hydrogens (tertiary/aromatic N) is 2. The van der Waals surface area contributed by atoms with Gasteiger partial charge < -0.3 is 0 Å². The molecule has 0 radical (unpaired) electrons. The van der Waals surface area contributed by atoms with Crippen LogP contribution in [-0.4, -0.2) is 9.55 Å². The summed E-state index contributed by atoms with van der Waals surface area (Å²) < 4.78 is 1.84. The van der Waals surface area contributed by atoms with E-state index in [1.807, 2.05) is 41.0 Å². The number of aryl methyl sites for hydroxylation is 3. The average Bonchev–Trinajstić information content (AvgIpc) is 3.10. The van der Waals surface area contributed by atoms with Gasteiger partial charge in [-0.05, 0) is 61.9 Å². The summed E-state index contributed by atoms with van der Waals surface area (Å²) in [6, 6.07) is 15.9. The van der Waals surface area contributed by atoms with Crippen molar-refractivity contribution < 1.29 is 0 Å². The minimum atomic E-state index is 0.0702. The molecule has 5 heteroatoms. The van der Waals surface area contributed by atoms with E-state index < -0.39 is 0 Å². The smallest absolute Gasteiger partial charge is 0.263 e. The van der Waals surface area contributed by atoms with E-state index in [9.17, 15) is 4.79 Å². The Hall–Kier alpha value is -2.43. The molecule has 0 atom stereocenters. The van der Waals surface area contributed by atoms with Gasteiger partial charge in [0.05, 0.1) is 11.9 Å². The summed E-state index contributed by atoms with van der Waals surface area (Å²) in [6.07, 6.45) is 4.39. The van der Waals surface area contributed by atoms with Crippen LogP contribution in [0.2, 0.25) is 5.02 Å². The summed E-state index contributed by atoms with van der Waals surface area (Å²) >= 11 is 7.76. The van der Waals surface area contributed by atoms with E-state index in [0.29, 0.717) is 11.6 Å². The Balaban J connectivity index is 1.76. The molecule has 1 aliphatic rings. The van der Waals surface area contributed by atoms with Crippen LogP contribution in [0.5, 0.6) is 0 Å². The van der Waals surface area contributed by atoms with Crippen LogP contribution in [0.3, 0.4) is 0 Å². The van der Waals surface area contributed by atoms with Gasteiger partial charge in [0, 0.05) is 15.5 Å². The average molecular weight is 421 g/mol. The van der Waals surface area contributed by atoms with Crippen LogP contribution in [-0.2, 0) is 19.4 Å². The SMILES string of the molecule is Cc1cccc(-c2nc3sc4c(c3c(=O)n2Cc2ccc(Cl)cc2)CCCC4)c1. The molecule has 0 amide bonds. The molecule has 1 aliphatic carbocycles. The Labute approximate surface area is 178 Å². The minimum Gasteiger partial charge on any atom is -0.288 e. The van der Waals surface area contributed by atoms with Crippen LogP contribution in [0, 0.1) is 6.92 Å². The van der Waals surface area contributed by atoms with E-state index in [2.05, 4.69) is 19.1 Å². The summed E-state index contributed by atoms with van der Waals surface area (Å²) in [4.78, 5) is 21.0. The molecule has 2 aromatic carbocycles. The number of rotatable bonds is 3. The molecule has 3 nitrogen and oxygen atoms in total. The van der Waals surface area contributed by atoms with E-state index >= 15 is 0 Å². The summed E-state index contributed by atoms with van der Waals surface area (Å²) in [7, 11) is 0. The maximum atomic E-state index is 13.7. The van der Waals surface area contributed by atoms with Crippen molar-refractivity contribution in [2.75, 3.05) is 0 Å². The van der Waals surface area contributed by atoms with Crippen molar-refractivity contribution in [3.8, 4) is 11.4 Å². The van der Waals surface area contributed by atoms with Gasteiger partial charge in [0.1, 0.15) is 10.7 Å². The van der Waals surface area contributed by atoms with Gasteiger partial charge in [-0.3, -0.25) is 9.36 Å². The highest BCUT2D eigenvalue weighted by Crippen LogP contribution is 2.35. The molecule has 146 valence electrons. The monoisotopic (exact) mass is 420 g/mol. The highest BCUT2D eigenvalue weighted by molar-refractivity contribution is 7.18. The van der Waals surface area contributed by atoms with Crippen LogP contribution in [0.1, 0.15) is 34.4 Å². The molecular formula is C24H21ClN2OS. The lowest BCUT2D eigenvalue weighted by atomic mass is 9.97. The van der Waals surface area contributed by atoms with Crippen LogP contribution in [0.15, 0.2) is 53.3 Å². The molecule has 0 unspecified atom stereocenters. The molecule has 0 aliphatic heterocycles. The maximum Gasteiger partial charge on any atom is 0.263 e. The summed E-state index contributed by atoms with van der Waals surface area (Å²) in [5, 5.41) is 1.52. The molecule has 2 aromatic heterocycles. The van der Waals surface area contributed by atoms with Gasteiger partial charge in [0.2, 0.25) is 0 Å². The van der Waals surface area contributed by atoms with Crippen molar-refractivity contribution >= 4 is 33.2 Å². The molecule has 0 spiro atoms. The molecule has 5 rings (SSSR count). The van der Waals surface area contributed by atoms with Gasteiger partial charge >= 0.3 is 0 Å². The number of aromatic nitrogens is 2. The zero-order chi connectivity index (χ0) is 20.0. The Bertz CT molecular complexity index is 1270. The van der Waals surface area contributed by atoms with Crippen molar-refractivity contribution in [1.82, 2.24) is 9.55 Å². The second kappa shape index (κ2) is 7.43. The summed E-state index contributed by atoms with van der Waals surface area (Å²) in [5.74, 6) is 0.736. The van der Waals surface area contributed by atoms with E-state index in [-0.39, 0.29) is 5.56 Å². The fourth-order valence-corrected chi connectivity index (χ4v) is 5.54. The highest BCUT2D eigenvalue weighted by Gasteiger charge is 2.22. The van der Waals surface area contributed by atoms with Gasteiger partial charge in [0.25, 0.3) is 5.56 Å². The Kier molecular flexibility index (Phi) is 4.76. The van der Waals surface area contributed by atoms with Crippen molar-refractivity contribution in [2.24, 2.45) is 0 Å². The fourth-order valence-electron chi connectivity index (χ4n) is 4.16. The third-order valence-electron chi connectivity index (χ3n) is 5.61. The molecule has 0 saturated heterocycles. The lowest BCUT2D eigenvalue weighted by Gasteiger charge is -2.14. The van der Waals surface area contributed by atoms with Gasteiger partial charge in [0.15, 0.2) is 0 Å². The van der Waals surface area contributed by atoms with Crippen LogP contribution in [0.4, 0.5) is 0 Å². The predicted molar refractivity (Wildman–Crippen MR) is 121 cm³/mol. The van der Waals surface area contributed by atoms with Gasteiger partial charge in [-0.15, -0.1) is 11.3 Å². The number of halogens is 1. The third-order valence-corrected chi connectivity index (χ3v) is 7.04. The Morgan fingerprint density at radius 1 is 1.10 bits per heavy atom. The third kappa shape index (κ3) is 3.41. The normalized spacial score (nSPS) is 13.6. The fraction of sp³-hybridized carbons (Fsp3) is 0.250. The quantitative estimate of drug-likeness (QED) is 0.406. The molecule has 2 heterocycles. The first-order valence-electron chi connectivity index (χ1n) is 9.97. The molecular weight excluding hydrogens is 400 g/mol. The second-order valence-electron chi connectivity index (χ2n) is 7.71. The predicted octanol–water partition coefficient (Wildman–Crippen LogP) is 6.01. The molecule has 0 N–H and O–H groups in total. The first-order chi connectivity index (χ1) is 14.1. The standard InChI is InChI=1S/C24H21ClN2OS/c1-15-5-4-6-17(13-15)22-26-23-21(19-7-2-3-8-20(19)29-23)24(28)27(22)14-16-9-11-18(25)12-10-16/h4-6,9-13H,2-3,7-8,14H2,1H3. The van der Waals surface area contributed by atoms with Crippen molar-refractivity contribution in [1.29, 1.82) is 0 Å². The van der Waals surface area contributed by atoms with Crippen molar-refractivity contribution in [3.63, 3.8) is 0 Å². The van der Waals surface area contributed by atoms with Crippen molar-refractivity contribution in [3.05, 3.63) is 85.5 Å². The van der Waals surface area contributed by atoms with E-state index in [4.69, 9.17) is 16.6 Å². The summed E-state index contributed by atoms with van der Waals surface area (Å²) in [5.41, 5.74) is 4.47. The molecule has 0 fully saturated rings. The number of benzene rings is 2. The van der Waals surface area contributed by atoms with Gasteiger partial charge in [-0.25, -0.2) is 4.98 Å². The van der Waals surface area contributed by atoms with Crippen LogP contribution in [0.25, 0.3) is 21.6 Å². The van der Waals surface area contributed by atoms with E-state index in [1.165, 1.54) is 16.9 Å². The minimum absolute atomic E-state index is 0.0702. The second-order valence-corrected chi connectivity index (χ2v) is 9.23. The Morgan fingerprint density at radius 3 is 2.69 bits per heavy atom. The number of fused-ring (bicyclic) bond motifs is 3.